The first-order valence-electron chi connectivity index (χ1n) is 9.75. The Kier molecular flexibility index (Phi) is 5.07. The molecule has 0 radical (unpaired) electrons. The van der Waals surface area contributed by atoms with Crippen LogP contribution in [0.25, 0.3) is 16.3 Å². The second-order valence-corrected chi connectivity index (χ2v) is 7.83. The van der Waals surface area contributed by atoms with Crippen molar-refractivity contribution < 1.29 is 19.7 Å². The van der Waals surface area contributed by atoms with Crippen molar-refractivity contribution in [3.05, 3.63) is 82.7 Å². The van der Waals surface area contributed by atoms with Crippen LogP contribution in [0.1, 0.15) is 24.5 Å². The van der Waals surface area contributed by atoms with Gasteiger partial charge < -0.3 is 19.7 Å². The summed E-state index contributed by atoms with van der Waals surface area (Å²) in [5.74, 6) is 0.331. The van der Waals surface area contributed by atoms with E-state index in [1.807, 2.05) is 42.5 Å². The number of fused-ring (bicyclic) bond motifs is 2. The van der Waals surface area contributed by atoms with Crippen LogP contribution >= 0.6 is 0 Å². The van der Waals surface area contributed by atoms with Gasteiger partial charge in [0, 0.05) is 41.9 Å². The monoisotopic (exact) mass is 390 g/mol. The molecule has 4 rings (SSSR count). The molecule has 2 aromatic rings. The largest absolute Gasteiger partial charge is 0.507 e. The zero-order valence-electron chi connectivity index (χ0n) is 17.0. The zero-order chi connectivity index (χ0) is 20.6. The molecule has 0 spiro atoms. The Balaban J connectivity index is 2.09. The molecule has 0 heterocycles. The maximum absolute atomic E-state index is 11.4. The van der Waals surface area contributed by atoms with Crippen LogP contribution in [-0.2, 0) is 16.1 Å². The molecule has 2 N–H and O–H groups in total. The number of ether oxygens (including phenoxy) is 2. The van der Waals surface area contributed by atoms with Gasteiger partial charge in [-0.3, -0.25) is 0 Å². The highest BCUT2D eigenvalue weighted by Crippen LogP contribution is 2.55. The summed E-state index contributed by atoms with van der Waals surface area (Å²) < 4.78 is 10.7. The summed E-state index contributed by atoms with van der Waals surface area (Å²) in [5.41, 5.74) is 3.45. The van der Waals surface area contributed by atoms with Crippen molar-refractivity contribution in [1.29, 1.82) is 0 Å². The molecule has 4 nitrogen and oxygen atoms in total. The molecule has 0 amide bonds. The number of aromatic hydroxyl groups is 1. The molecule has 0 saturated carbocycles. The zero-order valence-corrected chi connectivity index (χ0v) is 17.0. The maximum Gasteiger partial charge on any atom is 0.129 e. The lowest BCUT2D eigenvalue weighted by atomic mass is 9.64. The number of rotatable bonds is 5. The second kappa shape index (κ2) is 7.54. The van der Waals surface area contributed by atoms with E-state index in [-0.39, 0.29) is 18.1 Å². The Morgan fingerprint density at radius 2 is 1.83 bits per heavy atom. The van der Waals surface area contributed by atoms with Crippen LogP contribution in [0.3, 0.4) is 0 Å². The first-order chi connectivity index (χ1) is 14.0. The average molecular weight is 390 g/mol. The van der Waals surface area contributed by atoms with Crippen LogP contribution in [0.4, 0.5) is 0 Å². The van der Waals surface area contributed by atoms with Crippen LogP contribution in [0.15, 0.2) is 71.5 Å². The first-order valence-corrected chi connectivity index (χ1v) is 9.75. The molecule has 2 aliphatic rings. The molecule has 1 atom stereocenters. The van der Waals surface area contributed by atoms with E-state index in [2.05, 4.69) is 19.1 Å². The molecule has 0 bridgehead atoms. The number of phenolic OH excluding ortho intramolecular Hbond substituents is 1. The van der Waals surface area contributed by atoms with Gasteiger partial charge in [0.2, 0.25) is 0 Å². The fraction of sp³-hybridized carbons (Fsp3) is 0.280. The van der Waals surface area contributed by atoms with Crippen LogP contribution < -0.4 is 0 Å². The lowest BCUT2D eigenvalue weighted by Gasteiger charge is -2.39. The summed E-state index contributed by atoms with van der Waals surface area (Å²) in [6.45, 7) is 2.70. The number of benzene rings is 2. The van der Waals surface area contributed by atoms with E-state index < -0.39 is 5.41 Å². The molecule has 150 valence electrons. The highest BCUT2D eigenvalue weighted by atomic mass is 16.5. The minimum absolute atomic E-state index is 0.154. The molecule has 29 heavy (non-hydrogen) atoms. The predicted octanol–water partition coefficient (Wildman–Crippen LogP) is 5.44. The van der Waals surface area contributed by atoms with E-state index in [0.717, 1.165) is 28.3 Å². The number of aliphatic hydroxyl groups is 1. The van der Waals surface area contributed by atoms with Crippen molar-refractivity contribution in [2.45, 2.75) is 20.0 Å². The van der Waals surface area contributed by atoms with Crippen molar-refractivity contribution in [1.82, 2.24) is 0 Å². The predicted molar refractivity (Wildman–Crippen MR) is 116 cm³/mol. The Bertz CT molecular complexity index is 1090. The highest BCUT2D eigenvalue weighted by molar-refractivity contribution is 6.00. The Hall–Kier alpha value is -2.82. The average Bonchev–Trinajstić information content (AvgIpc) is 2.71. The van der Waals surface area contributed by atoms with Crippen molar-refractivity contribution in [3.63, 3.8) is 0 Å². The Morgan fingerprint density at radius 3 is 2.59 bits per heavy atom. The lowest BCUT2D eigenvalue weighted by molar-refractivity contribution is 0.182. The third kappa shape index (κ3) is 3.09. The molecule has 0 aromatic heterocycles. The van der Waals surface area contributed by atoms with Crippen molar-refractivity contribution in [2.75, 3.05) is 20.8 Å². The minimum atomic E-state index is -0.456. The number of aliphatic hydroxyl groups excluding tert-OH is 1. The SMILES string of the molecule is COCC1=CC2=CC=CCC2(C)C(c2c(O)c(COC)cc3ccccc23)=C1O. The molecule has 0 fully saturated rings. The van der Waals surface area contributed by atoms with Gasteiger partial charge in [0.05, 0.1) is 13.2 Å². The standard InChI is InChI=1S/C25H26O4/c1-25-11-7-6-9-19(25)13-18(15-29-3)24(27)22(25)21-20-10-5-4-8-16(20)12-17(14-28-2)23(21)26/h4-10,12-13,26-27H,11,14-15H2,1-3H3. The third-order valence-electron chi connectivity index (χ3n) is 5.95. The molecule has 0 saturated heterocycles. The second-order valence-electron chi connectivity index (χ2n) is 7.83. The first kappa shape index (κ1) is 19.5. The van der Waals surface area contributed by atoms with Crippen LogP contribution in [-0.4, -0.2) is 31.0 Å². The lowest BCUT2D eigenvalue weighted by Crippen LogP contribution is -2.27. The van der Waals surface area contributed by atoms with Crippen molar-refractivity contribution in [2.24, 2.45) is 5.41 Å². The van der Waals surface area contributed by atoms with E-state index in [1.165, 1.54) is 0 Å². The maximum atomic E-state index is 11.4. The number of phenols is 1. The summed E-state index contributed by atoms with van der Waals surface area (Å²) in [5, 5.41) is 24.6. The third-order valence-corrected chi connectivity index (χ3v) is 5.95. The number of hydrogen-bond acceptors (Lipinski definition) is 4. The van der Waals surface area contributed by atoms with Gasteiger partial charge in [-0.05, 0) is 34.9 Å². The number of hydrogen-bond donors (Lipinski definition) is 2. The van der Waals surface area contributed by atoms with Gasteiger partial charge in [-0.1, -0.05) is 49.4 Å². The van der Waals surface area contributed by atoms with Crippen LogP contribution in [0.2, 0.25) is 0 Å². The van der Waals surface area contributed by atoms with Crippen LogP contribution in [0.5, 0.6) is 5.75 Å². The number of allylic oxidation sites excluding steroid dienone is 6. The quantitative estimate of drug-likeness (QED) is 0.714. The Morgan fingerprint density at radius 1 is 1.07 bits per heavy atom. The fourth-order valence-electron chi connectivity index (χ4n) is 4.48. The van der Waals surface area contributed by atoms with Gasteiger partial charge >= 0.3 is 0 Å². The van der Waals surface area contributed by atoms with Gasteiger partial charge in [0.25, 0.3) is 0 Å². The molecule has 4 heteroatoms. The van der Waals surface area contributed by atoms with E-state index in [1.54, 1.807) is 14.2 Å². The molecule has 0 aliphatic heterocycles. The van der Waals surface area contributed by atoms with E-state index in [4.69, 9.17) is 9.47 Å². The van der Waals surface area contributed by atoms with Gasteiger partial charge in [-0.15, -0.1) is 0 Å². The smallest absolute Gasteiger partial charge is 0.129 e. The van der Waals surface area contributed by atoms with Crippen molar-refractivity contribution >= 4 is 16.3 Å². The van der Waals surface area contributed by atoms with E-state index in [0.29, 0.717) is 23.3 Å². The molecule has 2 aromatic carbocycles. The van der Waals surface area contributed by atoms with Crippen molar-refractivity contribution in [3.8, 4) is 5.75 Å². The molecular formula is C25H26O4. The summed E-state index contributed by atoms with van der Waals surface area (Å²) in [6.07, 6.45) is 8.95. The number of methoxy groups -OCH3 is 2. The van der Waals surface area contributed by atoms with E-state index >= 15 is 0 Å². The summed E-state index contributed by atoms with van der Waals surface area (Å²) in [7, 11) is 3.22. The Labute approximate surface area is 171 Å². The van der Waals surface area contributed by atoms with E-state index in [9.17, 15) is 10.2 Å². The summed E-state index contributed by atoms with van der Waals surface area (Å²) in [4.78, 5) is 0. The van der Waals surface area contributed by atoms with Gasteiger partial charge in [0.15, 0.2) is 0 Å². The van der Waals surface area contributed by atoms with Gasteiger partial charge in [0.1, 0.15) is 11.5 Å². The molecule has 1 unspecified atom stereocenters. The van der Waals surface area contributed by atoms with Gasteiger partial charge in [-0.25, -0.2) is 0 Å². The molecular weight excluding hydrogens is 364 g/mol. The summed E-state index contributed by atoms with van der Waals surface area (Å²) >= 11 is 0. The fourth-order valence-corrected chi connectivity index (χ4v) is 4.48. The van der Waals surface area contributed by atoms with Crippen LogP contribution in [0, 0.1) is 5.41 Å². The molecule has 2 aliphatic carbocycles. The minimum Gasteiger partial charge on any atom is -0.507 e. The summed E-state index contributed by atoms with van der Waals surface area (Å²) in [6, 6.07) is 9.88. The van der Waals surface area contributed by atoms with Gasteiger partial charge in [-0.2, -0.15) is 0 Å². The topological polar surface area (TPSA) is 58.9 Å². The normalized spacial score (nSPS) is 21.2. The highest BCUT2D eigenvalue weighted by Gasteiger charge is 2.41.